The molecular weight excluding hydrogens is 234 g/mol. The van der Waals surface area contributed by atoms with Crippen LogP contribution in [0.15, 0.2) is 12.3 Å². The molecule has 0 spiro atoms. The van der Waals surface area contributed by atoms with E-state index in [2.05, 4.69) is 10.2 Å². The Morgan fingerprint density at radius 2 is 2.25 bits per heavy atom. The first-order chi connectivity index (χ1) is 7.50. The Labute approximate surface area is 95.6 Å². The van der Waals surface area contributed by atoms with Crippen LogP contribution in [-0.2, 0) is 0 Å². The van der Waals surface area contributed by atoms with Crippen molar-refractivity contribution < 1.29 is 8.78 Å². The molecule has 84 valence electrons. The Morgan fingerprint density at radius 3 is 2.88 bits per heavy atom. The molecule has 1 heterocycles. The fourth-order valence-corrected chi connectivity index (χ4v) is 2.57. The van der Waals surface area contributed by atoms with Gasteiger partial charge in [0.1, 0.15) is 0 Å². The molecule has 3 rings (SSSR count). The molecule has 5 heteroatoms. The first kappa shape index (κ1) is 10.0. The molecule has 0 amide bonds. The van der Waals surface area contributed by atoms with Gasteiger partial charge in [0.15, 0.2) is 0 Å². The number of nitrogens with zero attached hydrogens (tertiary/aromatic N) is 1. The maximum atomic E-state index is 13.1. The number of hydrogen-bond donors (Lipinski definition) is 1. The van der Waals surface area contributed by atoms with E-state index < -0.39 is 11.8 Å². The minimum absolute atomic E-state index is 0.100. The van der Waals surface area contributed by atoms with Crippen LogP contribution < -0.4 is 0 Å². The monoisotopic (exact) mass is 242 g/mol. The zero-order valence-corrected chi connectivity index (χ0v) is 9.28. The molecule has 2 nitrogen and oxygen atoms in total. The van der Waals surface area contributed by atoms with E-state index in [0.717, 1.165) is 16.5 Å². The highest BCUT2D eigenvalue weighted by Crippen LogP contribution is 2.58. The molecule has 0 radical (unpaired) electrons. The van der Waals surface area contributed by atoms with E-state index in [9.17, 15) is 8.78 Å². The summed E-state index contributed by atoms with van der Waals surface area (Å²) in [5.41, 5.74) is 2.16. The van der Waals surface area contributed by atoms with Crippen LogP contribution in [0, 0.1) is 6.92 Å². The summed E-state index contributed by atoms with van der Waals surface area (Å²) >= 11 is 6.05. The third-order valence-electron chi connectivity index (χ3n) is 3.18. The lowest BCUT2D eigenvalue weighted by Crippen LogP contribution is -1.97. The zero-order chi connectivity index (χ0) is 11.5. The van der Waals surface area contributed by atoms with E-state index in [0.29, 0.717) is 10.6 Å². The third kappa shape index (κ3) is 1.26. The number of H-pyrrole nitrogens is 1. The Kier molecular flexibility index (Phi) is 1.84. The largest absolute Gasteiger partial charge is 0.278 e. The summed E-state index contributed by atoms with van der Waals surface area (Å²) in [5.74, 6) is -3.31. The van der Waals surface area contributed by atoms with Crippen LogP contribution in [0.3, 0.4) is 0 Å². The number of aromatic nitrogens is 2. The number of nitrogens with one attached hydrogen (secondary N) is 1. The summed E-state index contributed by atoms with van der Waals surface area (Å²) in [7, 11) is 0. The second-order valence-corrected chi connectivity index (χ2v) is 4.65. The maximum Gasteiger partial charge on any atom is 0.255 e. The number of aryl methyl sites for hydroxylation is 1. The van der Waals surface area contributed by atoms with E-state index in [1.54, 1.807) is 12.3 Å². The highest BCUT2D eigenvalue weighted by molar-refractivity contribution is 6.32. The van der Waals surface area contributed by atoms with Gasteiger partial charge >= 0.3 is 0 Å². The number of hydrogen-bond acceptors (Lipinski definition) is 1. The number of aromatic amines is 1. The van der Waals surface area contributed by atoms with Crippen LogP contribution in [0.4, 0.5) is 8.78 Å². The van der Waals surface area contributed by atoms with Crippen LogP contribution in [-0.4, -0.2) is 16.1 Å². The van der Waals surface area contributed by atoms with Crippen molar-refractivity contribution in [2.24, 2.45) is 0 Å². The predicted octanol–water partition coefficient (Wildman–Crippen LogP) is 3.65. The molecule has 0 aliphatic heterocycles. The molecule has 0 saturated heterocycles. The van der Waals surface area contributed by atoms with Gasteiger partial charge in [-0.1, -0.05) is 11.6 Å². The summed E-state index contributed by atoms with van der Waals surface area (Å²) in [6.45, 7) is 1.81. The molecule has 1 atom stereocenters. The van der Waals surface area contributed by atoms with Crippen molar-refractivity contribution in [3.63, 3.8) is 0 Å². The van der Waals surface area contributed by atoms with Crippen molar-refractivity contribution in [3.8, 4) is 0 Å². The van der Waals surface area contributed by atoms with Crippen molar-refractivity contribution in [3.05, 3.63) is 28.4 Å². The van der Waals surface area contributed by atoms with Gasteiger partial charge in [0, 0.05) is 16.8 Å². The average Bonchev–Trinajstić information content (AvgIpc) is 2.62. The van der Waals surface area contributed by atoms with Gasteiger partial charge in [-0.25, -0.2) is 8.78 Å². The summed E-state index contributed by atoms with van der Waals surface area (Å²) in [4.78, 5) is 0. The van der Waals surface area contributed by atoms with Crippen molar-refractivity contribution in [1.82, 2.24) is 10.2 Å². The van der Waals surface area contributed by atoms with Gasteiger partial charge in [-0.15, -0.1) is 0 Å². The van der Waals surface area contributed by atoms with Gasteiger partial charge in [-0.2, -0.15) is 5.10 Å². The molecule has 1 unspecified atom stereocenters. The number of benzene rings is 1. The number of halogens is 3. The Balaban J connectivity index is 2.24. The average molecular weight is 243 g/mol. The zero-order valence-electron chi connectivity index (χ0n) is 8.52. The third-order valence-corrected chi connectivity index (χ3v) is 3.49. The molecule has 1 aromatic carbocycles. The van der Waals surface area contributed by atoms with Crippen molar-refractivity contribution in [2.45, 2.75) is 25.2 Å². The summed E-state index contributed by atoms with van der Waals surface area (Å²) in [6, 6.07) is 1.67. The highest BCUT2D eigenvalue weighted by Gasteiger charge is 2.58. The smallest absolute Gasteiger partial charge is 0.255 e. The fourth-order valence-electron chi connectivity index (χ4n) is 2.19. The minimum atomic E-state index is -2.59. The maximum absolute atomic E-state index is 13.1. The van der Waals surface area contributed by atoms with E-state index in [1.165, 1.54) is 0 Å². The number of rotatable bonds is 1. The molecular formula is C11H9ClF2N2. The van der Waals surface area contributed by atoms with Gasteiger partial charge in [-0.3, -0.25) is 5.10 Å². The second kappa shape index (κ2) is 2.94. The fraction of sp³-hybridized carbons (Fsp3) is 0.364. The number of alkyl halides is 2. The van der Waals surface area contributed by atoms with E-state index in [4.69, 9.17) is 11.6 Å². The molecule has 1 N–H and O–H groups in total. The van der Waals surface area contributed by atoms with Crippen molar-refractivity contribution in [1.29, 1.82) is 0 Å². The van der Waals surface area contributed by atoms with Crippen molar-refractivity contribution >= 4 is 22.5 Å². The number of fused-ring (bicyclic) bond motifs is 1. The SMILES string of the molecule is Cc1c(C2CC2(F)F)c(Cl)cc2[nH]ncc12. The van der Waals surface area contributed by atoms with Gasteiger partial charge in [-0.05, 0) is 24.1 Å². The lowest BCUT2D eigenvalue weighted by atomic mass is 10.0. The standard InChI is InChI=1S/C11H9ClF2N2/c1-5-6-4-15-16-9(6)2-8(12)10(5)7-3-11(7,13)14/h2,4,7H,3H2,1H3,(H,15,16). The Hall–Kier alpha value is -1.16. The first-order valence-electron chi connectivity index (χ1n) is 5.00. The molecule has 16 heavy (non-hydrogen) atoms. The predicted molar refractivity (Wildman–Crippen MR) is 58.1 cm³/mol. The normalized spacial score (nSPS) is 22.6. The lowest BCUT2D eigenvalue weighted by Gasteiger charge is -2.08. The van der Waals surface area contributed by atoms with Gasteiger partial charge in [0.05, 0.1) is 17.6 Å². The van der Waals surface area contributed by atoms with Gasteiger partial charge < -0.3 is 0 Å². The summed E-state index contributed by atoms with van der Waals surface area (Å²) in [5, 5.41) is 7.94. The minimum Gasteiger partial charge on any atom is -0.278 e. The van der Waals surface area contributed by atoms with E-state index >= 15 is 0 Å². The van der Waals surface area contributed by atoms with Gasteiger partial charge in [0.25, 0.3) is 5.92 Å². The Bertz CT molecular complexity index is 577. The van der Waals surface area contributed by atoms with Crippen molar-refractivity contribution in [2.75, 3.05) is 0 Å². The van der Waals surface area contributed by atoms with Crippen LogP contribution >= 0.6 is 11.6 Å². The quantitative estimate of drug-likeness (QED) is 0.813. The molecule has 0 bridgehead atoms. The molecule has 1 saturated carbocycles. The molecule has 1 aliphatic rings. The lowest BCUT2D eigenvalue weighted by molar-refractivity contribution is 0.112. The van der Waals surface area contributed by atoms with E-state index in [1.807, 2.05) is 6.92 Å². The first-order valence-corrected chi connectivity index (χ1v) is 5.38. The van der Waals surface area contributed by atoms with Gasteiger partial charge in [0.2, 0.25) is 0 Å². The van der Waals surface area contributed by atoms with Crippen LogP contribution in [0.5, 0.6) is 0 Å². The van der Waals surface area contributed by atoms with Crippen LogP contribution in [0.25, 0.3) is 10.9 Å². The molecule has 2 aromatic rings. The molecule has 1 aromatic heterocycles. The van der Waals surface area contributed by atoms with E-state index in [-0.39, 0.29) is 6.42 Å². The summed E-state index contributed by atoms with van der Waals surface area (Å²) in [6.07, 6.45) is 1.54. The van der Waals surface area contributed by atoms with Crippen LogP contribution in [0.2, 0.25) is 5.02 Å². The summed E-state index contributed by atoms with van der Waals surface area (Å²) < 4.78 is 26.2. The second-order valence-electron chi connectivity index (χ2n) is 4.25. The topological polar surface area (TPSA) is 28.7 Å². The molecule has 1 aliphatic carbocycles. The highest BCUT2D eigenvalue weighted by atomic mass is 35.5. The van der Waals surface area contributed by atoms with Crippen LogP contribution in [0.1, 0.15) is 23.5 Å². The molecule has 1 fully saturated rings. The Morgan fingerprint density at radius 1 is 1.56 bits per heavy atom.